The molecule has 2 aromatic carbocycles. The number of rotatable bonds is 6. The number of aryl methyl sites for hydroxylation is 3. The van der Waals surface area contributed by atoms with Crippen LogP contribution in [-0.4, -0.2) is 25.0 Å². The first-order chi connectivity index (χ1) is 11.8. The summed E-state index contributed by atoms with van der Waals surface area (Å²) in [4.78, 5) is 23.7. The molecule has 0 unspecified atom stereocenters. The highest BCUT2D eigenvalue weighted by Gasteiger charge is 2.09. The molecule has 25 heavy (non-hydrogen) atoms. The molecule has 2 amide bonds. The van der Waals surface area contributed by atoms with E-state index < -0.39 is 0 Å². The summed E-state index contributed by atoms with van der Waals surface area (Å²) >= 11 is 6.06. The van der Waals surface area contributed by atoms with Gasteiger partial charge in [-0.2, -0.15) is 0 Å². The van der Waals surface area contributed by atoms with Crippen LogP contribution in [0.3, 0.4) is 0 Å². The van der Waals surface area contributed by atoms with Crippen molar-refractivity contribution in [3.63, 3.8) is 0 Å². The van der Waals surface area contributed by atoms with Gasteiger partial charge in [-0.15, -0.1) is 0 Å². The van der Waals surface area contributed by atoms with Crippen molar-refractivity contribution in [2.45, 2.75) is 20.8 Å². The SMILES string of the molecule is Cc1ccc(OCC(=O)NCC(=O)Nc2ccc(C)cc2Cl)c(C)c1. The van der Waals surface area contributed by atoms with Gasteiger partial charge in [0.1, 0.15) is 5.75 Å². The number of amides is 2. The maximum Gasteiger partial charge on any atom is 0.258 e. The van der Waals surface area contributed by atoms with E-state index in [1.54, 1.807) is 12.1 Å². The molecule has 0 bridgehead atoms. The van der Waals surface area contributed by atoms with Crippen molar-refractivity contribution in [3.05, 3.63) is 58.1 Å². The smallest absolute Gasteiger partial charge is 0.258 e. The van der Waals surface area contributed by atoms with Gasteiger partial charge in [0.25, 0.3) is 5.91 Å². The minimum atomic E-state index is -0.370. The Morgan fingerprint density at radius 1 is 1.00 bits per heavy atom. The van der Waals surface area contributed by atoms with E-state index in [-0.39, 0.29) is 25.0 Å². The molecule has 2 aromatic rings. The second-order valence-electron chi connectivity index (χ2n) is 5.87. The second kappa shape index (κ2) is 8.53. The molecule has 5 nitrogen and oxygen atoms in total. The number of carbonyl (C=O) groups excluding carboxylic acids is 2. The minimum absolute atomic E-state index is 0.150. The zero-order chi connectivity index (χ0) is 18.4. The van der Waals surface area contributed by atoms with E-state index in [0.29, 0.717) is 16.5 Å². The minimum Gasteiger partial charge on any atom is -0.484 e. The zero-order valence-corrected chi connectivity index (χ0v) is 15.2. The normalized spacial score (nSPS) is 10.2. The topological polar surface area (TPSA) is 67.4 Å². The van der Waals surface area contributed by atoms with Gasteiger partial charge in [0.2, 0.25) is 5.91 Å². The Hall–Kier alpha value is -2.53. The summed E-state index contributed by atoms with van der Waals surface area (Å²) in [7, 11) is 0. The van der Waals surface area contributed by atoms with Crippen molar-refractivity contribution in [1.29, 1.82) is 0 Å². The van der Waals surface area contributed by atoms with E-state index in [1.807, 2.05) is 45.0 Å². The van der Waals surface area contributed by atoms with Crippen molar-refractivity contribution < 1.29 is 14.3 Å². The fourth-order valence-corrected chi connectivity index (χ4v) is 2.53. The third kappa shape index (κ3) is 5.80. The lowest BCUT2D eigenvalue weighted by atomic mass is 10.1. The third-order valence-electron chi connectivity index (χ3n) is 3.53. The number of halogens is 1. The summed E-state index contributed by atoms with van der Waals surface area (Å²) in [5, 5.41) is 5.63. The standard InChI is InChI=1S/C19H21ClN2O3/c1-12-5-7-17(14(3)8-12)25-11-19(24)21-10-18(23)22-16-6-4-13(2)9-15(16)20/h4-9H,10-11H2,1-3H3,(H,21,24)(H,22,23). The lowest BCUT2D eigenvalue weighted by molar-refractivity contribution is -0.125. The van der Waals surface area contributed by atoms with Gasteiger partial charge in [0, 0.05) is 0 Å². The molecule has 0 saturated heterocycles. The number of carbonyl (C=O) groups is 2. The molecule has 0 fully saturated rings. The Balaban J connectivity index is 1.78. The van der Waals surface area contributed by atoms with Crippen LogP contribution in [-0.2, 0) is 9.59 Å². The van der Waals surface area contributed by atoms with Crippen molar-refractivity contribution >= 4 is 29.1 Å². The average molecular weight is 361 g/mol. The van der Waals surface area contributed by atoms with E-state index in [1.165, 1.54) is 0 Å². The van der Waals surface area contributed by atoms with Crippen LogP contribution in [0.2, 0.25) is 5.02 Å². The molecular weight excluding hydrogens is 340 g/mol. The Morgan fingerprint density at radius 3 is 2.36 bits per heavy atom. The largest absolute Gasteiger partial charge is 0.484 e. The predicted octanol–water partition coefficient (Wildman–Crippen LogP) is 3.40. The van der Waals surface area contributed by atoms with E-state index in [0.717, 1.165) is 16.7 Å². The maximum absolute atomic E-state index is 11.9. The summed E-state index contributed by atoms with van der Waals surface area (Å²) < 4.78 is 5.47. The van der Waals surface area contributed by atoms with E-state index in [9.17, 15) is 9.59 Å². The van der Waals surface area contributed by atoms with E-state index in [4.69, 9.17) is 16.3 Å². The zero-order valence-electron chi connectivity index (χ0n) is 14.5. The van der Waals surface area contributed by atoms with Crippen LogP contribution in [0.5, 0.6) is 5.75 Å². The molecule has 0 aliphatic carbocycles. The summed E-state index contributed by atoms with van der Waals surface area (Å²) in [5.41, 5.74) is 3.60. The molecule has 6 heteroatoms. The summed E-state index contributed by atoms with van der Waals surface area (Å²) in [6.07, 6.45) is 0. The van der Waals surface area contributed by atoms with E-state index >= 15 is 0 Å². The highest BCUT2D eigenvalue weighted by atomic mass is 35.5. The Labute approximate surface area is 152 Å². The number of benzene rings is 2. The fraction of sp³-hybridized carbons (Fsp3) is 0.263. The van der Waals surface area contributed by atoms with Crippen LogP contribution < -0.4 is 15.4 Å². The summed E-state index contributed by atoms with van der Waals surface area (Å²) in [5.74, 6) is -0.0765. The first kappa shape index (κ1) is 18.8. The third-order valence-corrected chi connectivity index (χ3v) is 3.85. The maximum atomic E-state index is 11.9. The lowest BCUT2D eigenvalue weighted by Crippen LogP contribution is -2.35. The molecule has 2 N–H and O–H groups in total. The molecule has 0 atom stereocenters. The molecule has 0 saturated carbocycles. The van der Waals surface area contributed by atoms with Crippen LogP contribution in [0.15, 0.2) is 36.4 Å². The molecular formula is C19H21ClN2O3. The van der Waals surface area contributed by atoms with E-state index in [2.05, 4.69) is 10.6 Å². The Kier molecular flexibility index (Phi) is 6.42. The van der Waals surface area contributed by atoms with Gasteiger partial charge in [0.05, 0.1) is 17.3 Å². The van der Waals surface area contributed by atoms with Gasteiger partial charge < -0.3 is 15.4 Å². The second-order valence-corrected chi connectivity index (χ2v) is 6.27. The van der Waals surface area contributed by atoms with Crippen molar-refractivity contribution in [2.24, 2.45) is 0 Å². The van der Waals surface area contributed by atoms with Crippen molar-refractivity contribution in [3.8, 4) is 5.75 Å². The highest BCUT2D eigenvalue weighted by Crippen LogP contribution is 2.22. The first-order valence-electron chi connectivity index (χ1n) is 7.88. The molecule has 0 aliphatic rings. The molecule has 2 rings (SSSR count). The monoisotopic (exact) mass is 360 g/mol. The molecule has 132 valence electrons. The molecule has 0 aromatic heterocycles. The average Bonchev–Trinajstić information content (AvgIpc) is 2.55. The first-order valence-corrected chi connectivity index (χ1v) is 8.25. The van der Waals surface area contributed by atoms with Crippen LogP contribution >= 0.6 is 11.6 Å². The van der Waals surface area contributed by atoms with Gasteiger partial charge in [-0.3, -0.25) is 9.59 Å². The number of anilines is 1. The summed E-state index contributed by atoms with van der Waals surface area (Å²) in [6, 6.07) is 11.0. The molecule has 0 aliphatic heterocycles. The predicted molar refractivity (Wildman–Crippen MR) is 99.2 cm³/mol. The quantitative estimate of drug-likeness (QED) is 0.829. The number of ether oxygens (including phenoxy) is 1. The Morgan fingerprint density at radius 2 is 1.68 bits per heavy atom. The van der Waals surface area contributed by atoms with Gasteiger partial charge in [0.15, 0.2) is 6.61 Å². The van der Waals surface area contributed by atoms with Gasteiger partial charge >= 0.3 is 0 Å². The Bertz CT molecular complexity index is 790. The molecule has 0 spiro atoms. The highest BCUT2D eigenvalue weighted by molar-refractivity contribution is 6.33. The number of hydrogen-bond acceptors (Lipinski definition) is 3. The van der Waals surface area contributed by atoms with Gasteiger partial charge in [-0.25, -0.2) is 0 Å². The molecule has 0 radical (unpaired) electrons. The summed E-state index contributed by atoms with van der Waals surface area (Å²) in [6.45, 7) is 5.51. The lowest BCUT2D eigenvalue weighted by Gasteiger charge is -2.11. The number of hydrogen-bond donors (Lipinski definition) is 2. The van der Waals surface area contributed by atoms with Crippen molar-refractivity contribution in [2.75, 3.05) is 18.5 Å². The number of nitrogens with one attached hydrogen (secondary N) is 2. The van der Waals surface area contributed by atoms with Gasteiger partial charge in [-0.05, 0) is 50.1 Å². The van der Waals surface area contributed by atoms with Crippen LogP contribution in [0, 0.1) is 20.8 Å². The molecule has 0 heterocycles. The van der Waals surface area contributed by atoms with Crippen LogP contribution in [0.25, 0.3) is 0 Å². The van der Waals surface area contributed by atoms with Crippen LogP contribution in [0.4, 0.5) is 5.69 Å². The van der Waals surface area contributed by atoms with Crippen LogP contribution in [0.1, 0.15) is 16.7 Å². The van der Waals surface area contributed by atoms with Crippen molar-refractivity contribution in [1.82, 2.24) is 5.32 Å². The fourth-order valence-electron chi connectivity index (χ4n) is 2.25. The van der Waals surface area contributed by atoms with Gasteiger partial charge in [-0.1, -0.05) is 35.4 Å².